The Balaban J connectivity index is 1.23. The van der Waals surface area contributed by atoms with Crippen LogP contribution in [-0.2, 0) is 14.8 Å². The van der Waals surface area contributed by atoms with Crippen molar-refractivity contribution in [2.24, 2.45) is 0 Å². The number of nitrogens with zero attached hydrogens (tertiary/aromatic N) is 4. The number of thioether (sulfide) groups is 1. The monoisotopic (exact) mass is 510 g/mol. The van der Waals surface area contributed by atoms with Crippen LogP contribution in [0.25, 0.3) is 22.1 Å². The summed E-state index contributed by atoms with van der Waals surface area (Å²) >= 11 is 1.19. The minimum atomic E-state index is -3.50. The molecule has 9 nitrogen and oxygen atoms in total. The molecule has 0 unspecified atom stereocenters. The Morgan fingerprint density at radius 2 is 1.74 bits per heavy atom. The number of carbonyl (C=O) groups excluding carboxylic acids is 1. The minimum absolute atomic E-state index is 0.0965. The molecule has 0 bridgehead atoms. The van der Waals surface area contributed by atoms with Crippen LogP contribution in [0.15, 0.2) is 46.5 Å². The van der Waals surface area contributed by atoms with E-state index in [1.807, 2.05) is 13.8 Å². The van der Waals surface area contributed by atoms with Crippen molar-refractivity contribution in [2.75, 3.05) is 24.2 Å². The predicted octanol–water partition coefficient (Wildman–Crippen LogP) is 4.03. The number of rotatable bonds is 6. The Morgan fingerprint density at radius 3 is 2.49 bits per heavy atom. The molecule has 1 aliphatic rings. The molecule has 0 spiro atoms. The first-order chi connectivity index (χ1) is 16.8. The standard InChI is InChI=1S/C24H26N6O3S2/c1-15-6-7-16(2)21-20(15)22-23(26-21)27-24(29-28-22)34-14-19(31)25-17-8-10-18(11-9-17)35(32,33)30-12-4-3-5-13-30/h6-11H,3-5,12-14H2,1-2H3,(H,25,31)(H,26,27,29). The third-order valence-corrected chi connectivity index (χ3v) is 8.94. The number of amides is 1. The van der Waals surface area contributed by atoms with E-state index in [0.717, 1.165) is 46.8 Å². The van der Waals surface area contributed by atoms with E-state index in [-0.39, 0.29) is 16.6 Å². The maximum absolute atomic E-state index is 12.8. The number of aryl methyl sites for hydroxylation is 2. The van der Waals surface area contributed by atoms with Gasteiger partial charge in [0.2, 0.25) is 21.1 Å². The molecule has 0 radical (unpaired) electrons. The highest BCUT2D eigenvalue weighted by molar-refractivity contribution is 7.99. The summed E-state index contributed by atoms with van der Waals surface area (Å²) in [5, 5.41) is 12.7. The molecule has 0 atom stereocenters. The van der Waals surface area contributed by atoms with Gasteiger partial charge in [0.25, 0.3) is 0 Å². The van der Waals surface area contributed by atoms with Crippen molar-refractivity contribution in [1.29, 1.82) is 0 Å². The number of nitrogens with one attached hydrogen (secondary N) is 2. The maximum atomic E-state index is 12.8. The zero-order chi connectivity index (χ0) is 24.6. The first-order valence-electron chi connectivity index (χ1n) is 11.5. The van der Waals surface area contributed by atoms with Crippen molar-refractivity contribution in [2.45, 2.75) is 43.2 Å². The fourth-order valence-electron chi connectivity index (χ4n) is 4.32. The molecule has 5 rings (SSSR count). The number of aromatic nitrogens is 4. The van der Waals surface area contributed by atoms with Gasteiger partial charge >= 0.3 is 0 Å². The van der Waals surface area contributed by atoms with Gasteiger partial charge in [0, 0.05) is 24.2 Å². The smallest absolute Gasteiger partial charge is 0.243 e. The van der Waals surface area contributed by atoms with Crippen LogP contribution < -0.4 is 5.32 Å². The second-order valence-corrected chi connectivity index (χ2v) is 11.6. The summed E-state index contributed by atoms with van der Waals surface area (Å²) in [5.74, 6) is -0.145. The topological polar surface area (TPSA) is 121 Å². The molecule has 1 fully saturated rings. The number of carbonyl (C=O) groups is 1. The highest BCUT2D eigenvalue weighted by Gasteiger charge is 2.25. The maximum Gasteiger partial charge on any atom is 0.243 e. The second-order valence-electron chi connectivity index (χ2n) is 8.69. The van der Waals surface area contributed by atoms with E-state index in [9.17, 15) is 13.2 Å². The summed E-state index contributed by atoms with van der Waals surface area (Å²) in [6, 6.07) is 10.4. The summed E-state index contributed by atoms with van der Waals surface area (Å²) in [6.45, 7) is 5.16. The lowest BCUT2D eigenvalue weighted by Crippen LogP contribution is -2.35. The summed E-state index contributed by atoms with van der Waals surface area (Å²) in [7, 11) is -3.50. The van der Waals surface area contributed by atoms with Crippen molar-refractivity contribution in [3.8, 4) is 0 Å². The quantitative estimate of drug-likeness (QED) is 0.376. The van der Waals surface area contributed by atoms with E-state index in [4.69, 9.17) is 0 Å². The molecule has 182 valence electrons. The molecule has 1 saturated heterocycles. The van der Waals surface area contributed by atoms with Gasteiger partial charge in [0.1, 0.15) is 5.52 Å². The van der Waals surface area contributed by atoms with Crippen molar-refractivity contribution >= 4 is 55.4 Å². The van der Waals surface area contributed by atoms with Gasteiger partial charge < -0.3 is 10.3 Å². The van der Waals surface area contributed by atoms with E-state index in [1.165, 1.54) is 28.2 Å². The van der Waals surface area contributed by atoms with Crippen molar-refractivity contribution in [3.63, 3.8) is 0 Å². The number of hydrogen-bond acceptors (Lipinski definition) is 7. The molecule has 11 heteroatoms. The Labute approximate surface area is 207 Å². The molecule has 2 N–H and O–H groups in total. The summed E-state index contributed by atoms with van der Waals surface area (Å²) in [4.78, 5) is 20.6. The number of anilines is 1. The van der Waals surface area contributed by atoms with Gasteiger partial charge in [-0.2, -0.15) is 4.31 Å². The van der Waals surface area contributed by atoms with Crippen LogP contribution in [0.2, 0.25) is 0 Å². The number of hydrogen-bond donors (Lipinski definition) is 2. The summed E-state index contributed by atoms with van der Waals surface area (Å²) < 4.78 is 27.1. The Morgan fingerprint density at radius 1 is 1.03 bits per heavy atom. The third-order valence-electron chi connectivity index (χ3n) is 6.19. The van der Waals surface area contributed by atoms with Gasteiger partial charge in [-0.25, -0.2) is 13.4 Å². The van der Waals surface area contributed by atoms with E-state index < -0.39 is 10.0 Å². The van der Waals surface area contributed by atoms with Crippen LogP contribution in [-0.4, -0.2) is 57.6 Å². The molecule has 0 aliphatic carbocycles. The van der Waals surface area contributed by atoms with E-state index in [1.54, 1.807) is 12.1 Å². The Hall–Kier alpha value is -3.02. The van der Waals surface area contributed by atoms with Crippen molar-refractivity contribution in [1.82, 2.24) is 24.5 Å². The minimum Gasteiger partial charge on any atom is -0.337 e. The molecule has 1 amide bonds. The van der Waals surface area contributed by atoms with E-state index in [0.29, 0.717) is 29.6 Å². The fraction of sp³-hybridized carbons (Fsp3) is 0.333. The van der Waals surface area contributed by atoms with Gasteiger partial charge in [0.15, 0.2) is 5.65 Å². The second kappa shape index (κ2) is 9.56. The average Bonchev–Trinajstić information content (AvgIpc) is 3.26. The number of fused-ring (bicyclic) bond motifs is 3. The van der Waals surface area contributed by atoms with E-state index >= 15 is 0 Å². The van der Waals surface area contributed by atoms with Gasteiger partial charge in [-0.3, -0.25) is 4.79 Å². The summed E-state index contributed by atoms with van der Waals surface area (Å²) in [6.07, 6.45) is 2.83. The molecule has 3 heterocycles. The van der Waals surface area contributed by atoms with Crippen LogP contribution in [0.1, 0.15) is 30.4 Å². The Kier molecular flexibility index (Phi) is 6.47. The van der Waals surface area contributed by atoms with Crippen LogP contribution in [0.3, 0.4) is 0 Å². The van der Waals surface area contributed by atoms with E-state index in [2.05, 4.69) is 37.6 Å². The number of H-pyrrole nitrogens is 1. The molecule has 4 aromatic rings. The lowest BCUT2D eigenvalue weighted by atomic mass is 10.1. The zero-order valence-corrected chi connectivity index (χ0v) is 21.2. The number of benzene rings is 2. The molecule has 2 aromatic carbocycles. The summed E-state index contributed by atoms with van der Waals surface area (Å²) in [5.41, 5.74) is 5.09. The van der Waals surface area contributed by atoms with Crippen LogP contribution in [0.4, 0.5) is 5.69 Å². The predicted molar refractivity (Wildman–Crippen MR) is 137 cm³/mol. The highest BCUT2D eigenvalue weighted by atomic mass is 32.2. The third kappa shape index (κ3) is 4.75. The number of aromatic amines is 1. The number of sulfonamides is 1. The highest BCUT2D eigenvalue weighted by Crippen LogP contribution is 2.29. The fourth-order valence-corrected chi connectivity index (χ4v) is 6.42. The molecule has 2 aromatic heterocycles. The largest absolute Gasteiger partial charge is 0.337 e. The normalized spacial score (nSPS) is 15.0. The lowest BCUT2D eigenvalue weighted by molar-refractivity contribution is -0.113. The average molecular weight is 511 g/mol. The molecule has 35 heavy (non-hydrogen) atoms. The van der Waals surface area contributed by atoms with Crippen LogP contribution in [0.5, 0.6) is 0 Å². The molecular formula is C24H26N6O3S2. The molecule has 0 saturated carbocycles. The zero-order valence-electron chi connectivity index (χ0n) is 19.5. The molecule has 1 aliphatic heterocycles. The van der Waals surface area contributed by atoms with Gasteiger partial charge in [-0.05, 0) is 62.1 Å². The molecular weight excluding hydrogens is 484 g/mol. The lowest BCUT2D eigenvalue weighted by Gasteiger charge is -2.25. The number of piperidine rings is 1. The van der Waals surface area contributed by atoms with Crippen molar-refractivity contribution in [3.05, 3.63) is 47.5 Å². The Bertz CT molecular complexity index is 1510. The van der Waals surface area contributed by atoms with Crippen LogP contribution >= 0.6 is 11.8 Å². The van der Waals surface area contributed by atoms with Gasteiger partial charge in [-0.15, -0.1) is 10.2 Å². The first kappa shape index (κ1) is 23.7. The first-order valence-corrected chi connectivity index (χ1v) is 13.9. The van der Waals surface area contributed by atoms with Crippen molar-refractivity contribution < 1.29 is 13.2 Å². The SMILES string of the molecule is Cc1ccc(C)c2c1[nH]c1nc(SCC(=O)Nc3ccc(S(=O)(=O)N4CCCCC4)cc3)nnc12. The van der Waals surface area contributed by atoms with Gasteiger partial charge in [0.05, 0.1) is 16.2 Å². The van der Waals surface area contributed by atoms with Crippen LogP contribution in [0, 0.1) is 13.8 Å². The van der Waals surface area contributed by atoms with Gasteiger partial charge in [-0.1, -0.05) is 30.3 Å².